The van der Waals surface area contributed by atoms with Gasteiger partial charge in [0, 0.05) is 36.4 Å². The van der Waals surface area contributed by atoms with Gasteiger partial charge >= 0.3 is 0 Å². The Morgan fingerprint density at radius 1 is 1.08 bits per heavy atom. The normalized spacial score (nSPS) is 27.4. The number of nitrogens with one attached hydrogen (secondary N) is 1. The molecule has 36 heavy (non-hydrogen) atoms. The van der Waals surface area contributed by atoms with Gasteiger partial charge in [-0.05, 0) is 74.1 Å². The highest BCUT2D eigenvalue weighted by atomic mass is 19.1. The van der Waals surface area contributed by atoms with Gasteiger partial charge in [0.15, 0.2) is 5.76 Å². The number of aromatic nitrogens is 1. The van der Waals surface area contributed by atoms with Crippen LogP contribution in [0.3, 0.4) is 0 Å². The largest absolute Gasteiger partial charge is 0.423 e. The van der Waals surface area contributed by atoms with E-state index in [1.54, 1.807) is 36.5 Å². The first-order valence-corrected chi connectivity index (χ1v) is 13.0. The molecule has 7 nitrogen and oxygen atoms in total. The van der Waals surface area contributed by atoms with Crippen LogP contribution in [-0.4, -0.2) is 28.5 Å². The van der Waals surface area contributed by atoms with Gasteiger partial charge in [0.25, 0.3) is 11.7 Å². The van der Waals surface area contributed by atoms with Crippen molar-refractivity contribution in [1.29, 1.82) is 0 Å². The van der Waals surface area contributed by atoms with Crippen molar-refractivity contribution in [3.8, 4) is 11.3 Å². The lowest BCUT2D eigenvalue weighted by Gasteiger charge is -2.39. The minimum Gasteiger partial charge on any atom is -0.423 e. The Morgan fingerprint density at radius 3 is 2.67 bits per heavy atom. The Kier molecular flexibility index (Phi) is 6.11. The number of hydrogen-bond acceptors (Lipinski definition) is 6. The summed E-state index contributed by atoms with van der Waals surface area (Å²) in [4.78, 5) is 17.6. The summed E-state index contributed by atoms with van der Waals surface area (Å²) in [5.41, 5.74) is 1.66. The van der Waals surface area contributed by atoms with Crippen LogP contribution in [-0.2, 0) is 0 Å². The predicted molar refractivity (Wildman–Crippen MR) is 136 cm³/mol. The van der Waals surface area contributed by atoms with Gasteiger partial charge in [-0.3, -0.25) is 10.1 Å². The summed E-state index contributed by atoms with van der Waals surface area (Å²) < 4.78 is 20.1. The average molecular weight is 491 g/mol. The van der Waals surface area contributed by atoms with Crippen molar-refractivity contribution in [2.45, 2.75) is 57.0 Å². The number of non-ortho nitro benzene ring substituents is 1. The van der Waals surface area contributed by atoms with E-state index in [1.165, 1.54) is 38.2 Å². The van der Waals surface area contributed by atoms with Gasteiger partial charge < -0.3 is 14.6 Å². The average Bonchev–Trinajstić information content (AvgIpc) is 3.62. The number of fused-ring (bicyclic) bond motifs is 2. The first kappa shape index (κ1) is 23.0. The summed E-state index contributed by atoms with van der Waals surface area (Å²) in [5, 5.41) is 14.6. The summed E-state index contributed by atoms with van der Waals surface area (Å²) >= 11 is 0. The highest BCUT2D eigenvalue weighted by molar-refractivity contribution is 5.58. The van der Waals surface area contributed by atoms with Gasteiger partial charge in [-0.2, -0.15) is 0 Å². The lowest BCUT2D eigenvalue weighted by atomic mass is 9.77. The monoisotopic (exact) mass is 490 g/mol. The molecular weight excluding hydrogens is 459 g/mol. The molecule has 8 heteroatoms. The Morgan fingerprint density at radius 2 is 1.89 bits per heavy atom. The van der Waals surface area contributed by atoms with E-state index in [0.29, 0.717) is 41.1 Å². The molecule has 0 unspecified atom stereocenters. The van der Waals surface area contributed by atoms with Crippen LogP contribution in [0.15, 0.2) is 59.1 Å². The lowest BCUT2D eigenvalue weighted by Crippen LogP contribution is -2.41. The number of nitro benzene ring substituents is 1. The molecule has 1 N–H and O–H groups in total. The maximum Gasteiger partial charge on any atom is 0.295 e. The third-order valence-corrected chi connectivity index (χ3v) is 8.47. The van der Waals surface area contributed by atoms with Crippen LogP contribution in [0.2, 0.25) is 0 Å². The zero-order valence-electron chi connectivity index (χ0n) is 20.2. The minimum absolute atomic E-state index is 0.139. The molecule has 188 valence electrons. The third kappa shape index (κ3) is 4.45. The number of hydrogen-bond donors (Lipinski definition) is 1. The standard InChI is InChI=1S/C28H31FN4O3/c29-24-7-3-2-6-23(24)27-16-30-28(36-27)31-25-8-4-1-5-19(25)15-20-13-18-14-26(20)32(17-18)21-9-11-22(12-10-21)33(34)35/h2-3,6-7,9-12,16,18-20,25-26H,1,4-5,8,13-15,17H2,(H,30,31)/t18-,19+,20-,25-,26-/m1/s1. The van der Waals surface area contributed by atoms with Crippen LogP contribution in [0.25, 0.3) is 11.3 Å². The van der Waals surface area contributed by atoms with Crippen LogP contribution >= 0.6 is 0 Å². The Bertz CT molecular complexity index is 1230. The molecule has 2 heterocycles. The minimum atomic E-state index is -0.341. The van der Waals surface area contributed by atoms with Crippen molar-refractivity contribution in [1.82, 2.24) is 4.98 Å². The van der Waals surface area contributed by atoms with Gasteiger partial charge in [-0.15, -0.1) is 0 Å². The summed E-state index contributed by atoms with van der Waals surface area (Å²) in [6.45, 7) is 1.04. The van der Waals surface area contributed by atoms with E-state index in [4.69, 9.17) is 4.42 Å². The van der Waals surface area contributed by atoms with Crippen LogP contribution in [0, 0.1) is 33.7 Å². The third-order valence-electron chi connectivity index (χ3n) is 8.47. The second-order valence-corrected chi connectivity index (χ2v) is 10.6. The number of nitro groups is 1. The molecular formula is C28H31FN4O3. The Hall–Kier alpha value is -3.42. The highest BCUT2D eigenvalue weighted by Crippen LogP contribution is 2.48. The first-order valence-electron chi connectivity index (χ1n) is 13.0. The molecule has 1 aliphatic heterocycles. The molecule has 2 aromatic carbocycles. The number of anilines is 2. The van der Waals surface area contributed by atoms with Crippen molar-refractivity contribution in [2.24, 2.45) is 17.8 Å². The summed E-state index contributed by atoms with van der Waals surface area (Å²) in [6.07, 6.45) is 9.90. The van der Waals surface area contributed by atoms with E-state index in [-0.39, 0.29) is 22.5 Å². The lowest BCUT2D eigenvalue weighted by molar-refractivity contribution is -0.384. The maximum absolute atomic E-state index is 14.2. The molecule has 1 aromatic heterocycles. The molecule has 5 atom stereocenters. The SMILES string of the molecule is O=[N+]([O-])c1ccc(N2C[C@@H]3C[C@H](C[C@@H]4CCCC[C@H]4Nc4ncc(-c5ccccc5F)o4)[C@H]2C3)cc1. The molecule has 2 saturated carbocycles. The number of piperidine rings is 1. The van der Waals surface area contributed by atoms with E-state index in [1.807, 2.05) is 12.1 Å². The molecule has 2 aliphatic carbocycles. The van der Waals surface area contributed by atoms with E-state index >= 15 is 0 Å². The fourth-order valence-electron chi connectivity index (χ4n) is 6.83. The van der Waals surface area contributed by atoms with Gasteiger partial charge in [0.2, 0.25) is 0 Å². The van der Waals surface area contributed by atoms with Gasteiger partial charge in [-0.25, -0.2) is 9.37 Å². The predicted octanol–water partition coefficient (Wildman–Crippen LogP) is 6.66. The summed E-state index contributed by atoms with van der Waals surface area (Å²) in [6, 6.07) is 14.9. The zero-order valence-corrected chi connectivity index (χ0v) is 20.2. The van der Waals surface area contributed by atoms with E-state index in [9.17, 15) is 14.5 Å². The molecule has 2 bridgehead atoms. The van der Waals surface area contributed by atoms with E-state index in [0.717, 1.165) is 25.1 Å². The van der Waals surface area contributed by atoms with Crippen LogP contribution < -0.4 is 10.2 Å². The van der Waals surface area contributed by atoms with Gasteiger partial charge in [-0.1, -0.05) is 25.0 Å². The molecule has 3 aliphatic rings. The Balaban J connectivity index is 1.13. The van der Waals surface area contributed by atoms with Gasteiger partial charge in [0.05, 0.1) is 16.7 Å². The van der Waals surface area contributed by atoms with Crippen LogP contribution in [0.5, 0.6) is 0 Å². The van der Waals surface area contributed by atoms with E-state index in [2.05, 4.69) is 15.2 Å². The summed E-state index contributed by atoms with van der Waals surface area (Å²) in [7, 11) is 0. The van der Waals surface area contributed by atoms with Crippen molar-refractivity contribution < 1.29 is 13.7 Å². The quantitative estimate of drug-likeness (QED) is 0.294. The molecule has 0 amide bonds. The van der Waals surface area contributed by atoms with Gasteiger partial charge in [0.1, 0.15) is 5.82 Å². The Labute approximate surface area is 209 Å². The molecule has 3 aromatic rings. The number of oxazole rings is 1. The number of benzene rings is 2. The maximum atomic E-state index is 14.2. The van der Waals surface area contributed by atoms with Crippen LogP contribution in [0.4, 0.5) is 21.8 Å². The second kappa shape index (κ2) is 9.56. The first-order chi connectivity index (χ1) is 17.5. The molecule has 1 saturated heterocycles. The molecule has 3 fully saturated rings. The fraction of sp³-hybridized carbons (Fsp3) is 0.464. The summed E-state index contributed by atoms with van der Waals surface area (Å²) in [5.74, 6) is 1.97. The smallest absolute Gasteiger partial charge is 0.295 e. The van der Waals surface area contributed by atoms with Crippen LogP contribution in [0.1, 0.15) is 44.9 Å². The molecule has 0 spiro atoms. The van der Waals surface area contributed by atoms with Crippen molar-refractivity contribution in [2.75, 3.05) is 16.8 Å². The zero-order chi connectivity index (χ0) is 24.6. The van der Waals surface area contributed by atoms with Crippen molar-refractivity contribution >= 4 is 17.4 Å². The molecule has 6 rings (SSSR count). The number of nitrogens with zero attached hydrogens (tertiary/aromatic N) is 3. The topological polar surface area (TPSA) is 84.4 Å². The fourth-order valence-corrected chi connectivity index (χ4v) is 6.83. The van der Waals surface area contributed by atoms with E-state index < -0.39 is 0 Å². The molecule has 0 radical (unpaired) electrons. The second-order valence-electron chi connectivity index (χ2n) is 10.6. The number of halogens is 1. The highest BCUT2D eigenvalue weighted by Gasteiger charge is 2.46. The number of rotatable bonds is 7. The van der Waals surface area contributed by atoms with Crippen molar-refractivity contribution in [3.05, 3.63) is 70.7 Å². The van der Waals surface area contributed by atoms with Crippen molar-refractivity contribution in [3.63, 3.8) is 0 Å².